The Bertz CT molecular complexity index is 3040. The van der Waals surface area contributed by atoms with E-state index in [4.69, 9.17) is 9.47 Å². The Kier molecular flexibility index (Phi) is 24.7. The second-order valence-corrected chi connectivity index (χ2v) is 24.9. The van der Waals surface area contributed by atoms with Crippen LogP contribution in [0.3, 0.4) is 0 Å². The van der Waals surface area contributed by atoms with Crippen molar-refractivity contribution in [3.63, 3.8) is 0 Å². The fourth-order valence-electron chi connectivity index (χ4n) is 14.1. The van der Waals surface area contributed by atoms with Gasteiger partial charge >= 0.3 is 0 Å². The summed E-state index contributed by atoms with van der Waals surface area (Å²) in [6.07, 6.45) is 4.72. The van der Waals surface area contributed by atoms with Crippen LogP contribution in [0.5, 0.6) is 0 Å². The first-order chi connectivity index (χ1) is 45.7. The zero-order valence-corrected chi connectivity index (χ0v) is 54.2. The van der Waals surface area contributed by atoms with Gasteiger partial charge < -0.3 is 72.0 Å². The highest BCUT2D eigenvalue weighted by atomic mass is 16.5. The molecule has 0 aliphatic carbocycles. The molecule has 0 bridgehead atoms. The second kappa shape index (κ2) is 33.1. The third-order valence-corrected chi connectivity index (χ3v) is 19.3. The molecule has 502 valence electrons. The minimum absolute atomic E-state index is 0.0841. The van der Waals surface area contributed by atoms with E-state index in [2.05, 4.69) is 42.5 Å². The van der Waals surface area contributed by atoms with Gasteiger partial charge in [-0.05, 0) is 112 Å². The van der Waals surface area contributed by atoms with Gasteiger partial charge in [-0.3, -0.25) is 38.4 Å². The molecule has 5 aromatic carbocycles. The van der Waals surface area contributed by atoms with Crippen molar-refractivity contribution < 1.29 is 58.0 Å². The topological polar surface area (TPSA) is 298 Å². The summed E-state index contributed by atoms with van der Waals surface area (Å²) in [5, 5.41) is 45.0. The average molecular weight is 1290 g/mol. The molecule has 10 atom stereocenters. The van der Waals surface area contributed by atoms with Crippen LogP contribution in [0.15, 0.2) is 146 Å². The minimum atomic E-state index is -1.74. The number of carbonyl (C=O) groups excluding carboxylic acids is 8. The smallest absolute Gasteiger partial charge is 0.255 e. The summed E-state index contributed by atoms with van der Waals surface area (Å²) in [7, 11) is 3.34. The molecule has 5 aromatic rings. The molecular formula is C72H92N10O12. The van der Waals surface area contributed by atoms with Gasteiger partial charge in [0.15, 0.2) is 11.1 Å². The van der Waals surface area contributed by atoms with E-state index in [1.165, 1.54) is 0 Å². The van der Waals surface area contributed by atoms with Gasteiger partial charge in [-0.15, -0.1) is 0 Å². The van der Waals surface area contributed by atoms with Crippen LogP contribution < -0.4 is 42.5 Å². The van der Waals surface area contributed by atoms with Crippen molar-refractivity contribution in [1.29, 1.82) is 0 Å². The van der Waals surface area contributed by atoms with E-state index in [0.29, 0.717) is 86.5 Å². The summed E-state index contributed by atoms with van der Waals surface area (Å²) < 4.78 is 12.2. The number of hydrogen-bond donors (Lipinski definition) is 10. The fourth-order valence-corrected chi connectivity index (χ4v) is 14.1. The number of likely N-dealkylation sites (N-methyl/N-ethyl adjacent to an activating group) is 2. The van der Waals surface area contributed by atoms with Crippen LogP contribution in [0.4, 0.5) is 0 Å². The van der Waals surface area contributed by atoms with Gasteiger partial charge in [0.05, 0.1) is 38.5 Å². The molecule has 4 aliphatic rings. The predicted octanol–water partition coefficient (Wildman–Crippen LogP) is 3.56. The van der Waals surface area contributed by atoms with Crippen LogP contribution >= 0.6 is 0 Å². The molecule has 4 heterocycles. The molecule has 0 radical (unpaired) electrons. The van der Waals surface area contributed by atoms with Crippen LogP contribution in [-0.4, -0.2) is 169 Å². The molecule has 10 N–H and O–H groups in total. The highest BCUT2D eigenvalue weighted by Crippen LogP contribution is 2.39. The number of ether oxygens (including phenoxy) is 2. The number of carbonyl (C=O) groups is 8. The van der Waals surface area contributed by atoms with E-state index in [1.54, 1.807) is 121 Å². The third-order valence-electron chi connectivity index (χ3n) is 19.3. The number of aliphatic hydroxyl groups excluding tert-OH is 2. The number of aliphatic hydroxyl groups is 2. The number of hydrogen-bond acceptors (Lipinski definition) is 14. The lowest BCUT2D eigenvalue weighted by Crippen LogP contribution is -2.62. The zero-order valence-electron chi connectivity index (χ0n) is 54.2. The van der Waals surface area contributed by atoms with Crippen molar-refractivity contribution in [2.45, 2.75) is 151 Å². The summed E-state index contributed by atoms with van der Waals surface area (Å²) in [4.78, 5) is 119. The number of benzene rings is 5. The van der Waals surface area contributed by atoms with Crippen LogP contribution in [-0.2, 0) is 72.1 Å². The first-order valence-corrected chi connectivity index (χ1v) is 33.1. The monoisotopic (exact) mass is 1290 g/mol. The number of rotatable bonds is 30. The maximum absolute atomic E-state index is 15.0. The van der Waals surface area contributed by atoms with Gasteiger partial charge in [-0.2, -0.15) is 0 Å². The molecule has 0 unspecified atom stereocenters. The Balaban J connectivity index is 0.807. The van der Waals surface area contributed by atoms with E-state index in [9.17, 15) is 48.6 Å². The van der Waals surface area contributed by atoms with Crippen molar-refractivity contribution in [3.05, 3.63) is 179 Å². The van der Waals surface area contributed by atoms with Crippen LogP contribution in [0.25, 0.3) is 0 Å². The maximum Gasteiger partial charge on any atom is 0.255 e. The van der Waals surface area contributed by atoms with E-state index in [-0.39, 0.29) is 76.6 Å². The van der Waals surface area contributed by atoms with Gasteiger partial charge in [0.25, 0.3) is 11.8 Å². The molecule has 4 saturated heterocycles. The first-order valence-electron chi connectivity index (χ1n) is 33.1. The summed E-state index contributed by atoms with van der Waals surface area (Å²) >= 11 is 0. The Labute approximate surface area is 550 Å². The predicted molar refractivity (Wildman–Crippen MR) is 352 cm³/mol. The number of nitrogens with one attached hydrogen (secondary N) is 8. The van der Waals surface area contributed by atoms with Crippen molar-refractivity contribution in [1.82, 2.24) is 52.3 Å². The van der Waals surface area contributed by atoms with E-state index < -0.39 is 94.6 Å². The van der Waals surface area contributed by atoms with Crippen molar-refractivity contribution in [2.24, 2.45) is 11.8 Å². The Hall–Kier alpha value is -8.38. The van der Waals surface area contributed by atoms with Gasteiger partial charge in [0, 0.05) is 50.2 Å². The Morgan fingerprint density at radius 2 is 0.798 bits per heavy atom. The molecule has 0 saturated carbocycles. The minimum Gasteiger partial charge on any atom is -0.396 e. The van der Waals surface area contributed by atoms with Crippen molar-refractivity contribution in [3.8, 4) is 0 Å². The largest absolute Gasteiger partial charge is 0.396 e. The highest BCUT2D eigenvalue weighted by Gasteiger charge is 2.53. The lowest BCUT2D eigenvalue weighted by molar-refractivity contribution is -0.145. The summed E-state index contributed by atoms with van der Waals surface area (Å²) in [6.45, 7) is 3.93. The maximum atomic E-state index is 15.0. The molecule has 0 aromatic heterocycles. The average Bonchev–Trinajstić information content (AvgIpc) is 1.09. The molecule has 94 heavy (non-hydrogen) atoms. The lowest BCUT2D eigenvalue weighted by atomic mass is 9.81. The first kappa shape index (κ1) is 69.9. The SMILES string of the molecule is CC[C@H](NC)C(=O)N[C@@H]1C(=O)N2[C@@H](CC[C@@H]1CO)CC[C@H]2C(=O)NC(C(=O)NCCOCc1ccc(COCCNC(=O)C(NC(=O)[C@@H]2CC[C@@H]3CC[C@H](CO)[C@H](NC(=O)[C@H](CC)NC)C(=O)N32)(c2ccccc2)c2ccccc2)cc1)(c1ccccc1)c1ccccc1. The van der Waals surface area contributed by atoms with Gasteiger partial charge in [-0.1, -0.05) is 159 Å². The summed E-state index contributed by atoms with van der Waals surface area (Å²) in [6, 6.07) is 37.7. The van der Waals surface area contributed by atoms with Crippen LogP contribution in [0.1, 0.15) is 111 Å². The second-order valence-electron chi connectivity index (χ2n) is 24.9. The molecule has 4 fully saturated rings. The molecular weight excluding hydrogens is 1200 g/mol. The summed E-state index contributed by atoms with van der Waals surface area (Å²) in [5.41, 5.74) is 0.219. The van der Waals surface area contributed by atoms with E-state index >= 15 is 0 Å². The van der Waals surface area contributed by atoms with Crippen molar-refractivity contribution >= 4 is 47.3 Å². The van der Waals surface area contributed by atoms with Crippen LogP contribution in [0, 0.1) is 11.8 Å². The van der Waals surface area contributed by atoms with Gasteiger partial charge in [-0.25, -0.2) is 0 Å². The van der Waals surface area contributed by atoms with Gasteiger partial charge in [0.1, 0.15) is 24.2 Å². The fraction of sp³-hybridized carbons (Fsp3) is 0.472. The quantitative estimate of drug-likeness (QED) is 0.0294. The zero-order chi connectivity index (χ0) is 66.8. The Morgan fingerprint density at radius 1 is 0.479 bits per heavy atom. The molecule has 9 rings (SSSR count). The van der Waals surface area contributed by atoms with Gasteiger partial charge in [0.2, 0.25) is 35.4 Å². The molecule has 22 heteroatoms. The van der Waals surface area contributed by atoms with E-state index in [0.717, 1.165) is 11.1 Å². The third kappa shape index (κ3) is 15.5. The number of nitrogens with zero attached hydrogens (tertiary/aromatic N) is 2. The van der Waals surface area contributed by atoms with Crippen molar-refractivity contribution in [2.75, 3.05) is 53.6 Å². The van der Waals surface area contributed by atoms with Crippen LogP contribution in [0.2, 0.25) is 0 Å². The molecule has 0 spiro atoms. The number of amides is 8. The highest BCUT2D eigenvalue weighted by molar-refractivity contribution is 6.01. The number of fused-ring (bicyclic) bond motifs is 2. The standard InChI is InChI=1S/C72H92N10O12/c1-5-57(73-3)63(85)77-61-49(43-83)31-33-55-35-37-59(81(55)67(61)89)65(87)79-71(51-19-11-7-12-20-51,52-21-13-8-14-22-52)69(91)75-39-41-93-45-47-27-29-48(30-28-47)46-94-42-40-76-70(92)72(53-23-15-9-16-24-53,54-25-17-10-18-26-54)80-66(88)60-38-36-56-34-32-50(44-84)62(68(90)82(56)60)78-64(86)58(6-2)74-4/h7-30,49-50,55-62,73-74,83-84H,5-6,31-46H2,1-4H3,(H,75,91)(H,76,92)(H,77,85)(H,78,86)(H,79,87)(H,80,88)/t49-,50-,55+,56+,57+,58+,59+,60+,61+,62+/m1/s1. The molecule has 4 aliphatic heterocycles. The van der Waals surface area contributed by atoms with E-state index in [1.807, 2.05) is 62.4 Å². The lowest BCUT2D eigenvalue weighted by Gasteiger charge is -2.37. The molecule has 22 nitrogen and oxygen atoms in total. The Morgan fingerprint density at radius 3 is 1.10 bits per heavy atom. The molecule has 8 amide bonds. The summed E-state index contributed by atoms with van der Waals surface area (Å²) in [5.74, 6) is -4.79. The normalized spacial score (nSPS) is 21.9.